The monoisotopic (exact) mass is 508 g/mol. The van der Waals surface area contributed by atoms with E-state index in [9.17, 15) is 9.59 Å². The maximum Gasteiger partial charge on any atom is 0.407 e. The fraction of sp³-hybridized carbons (Fsp3) is 0.517. The van der Waals surface area contributed by atoms with Crippen LogP contribution in [0, 0.1) is 5.92 Å². The average molecular weight is 509 g/mol. The Labute approximate surface area is 216 Å². The highest BCUT2D eigenvalue weighted by atomic mass is 28.4. The molecule has 7 heteroatoms. The zero-order valence-corrected chi connectivity index (χ0v) is 23.5. The smallest absolute Gasteiger partial charge is 0.407 e. The van der Waals surface area contributed by atoms with Crippen molar-refractivity contribution in [3.8, 4) is 11.1 Å². The molecular weight excluding hydrogens is 468 g/mol. The van der Waals surface area contributed by atoms with Gasteiger partial charge in [-0.1, -0.05) is 76.2 Å². The SMILES string of the molecule is CCC1CN(C(=O)[C@H](CO[Si](C)(C)C(C)(C)C)NC(=O)OCC2c3ccccc3-c3ccccc32)C1. The number of nitrogens with zero attached hydrogens (tertiary/aromatic N) is 1. The second-order valence-electron chi connectivity index (χ2n) is 11.6. The summed E-state index contributed by atoms with van der Waals surface area (Å²) in [6.07, 6.45) is 0.468. The number of fused-ring (bicyclic) bond motifs is 3. The highest BCUT2D eigenvalue weighted by molar-refractivity contribution is 6.74. The van der Waals surface area contributed by atoms with Gasteiger partial charge in [-0.15, -0.1) is 0 Å². The van der Waals surface area contributed by atoms with E-state index in [1.807, 2.05) is 29.2 Å². The van der Waals surface area contributed by atoms with Crippen molar-refractivity contribution in [3.63, 3.8) is 0 Å². The van der Waals surface area contributed by atoms with Crippen LogP contribution in [0.3, 0.4) is 0 Å². The van der Waals surface area contributed by atoms with Gasteiger partial charge in [0.25, 0.3) is 0 Å². The molecule has 2 amide bonds. The highest BCUT2D eigenvalue weighted by Gasteiger charge is 2.40. The molecule has 36 heavy (non-hydrogen) atoms. The third kappa shape index (κ3) is 5.37. The minimum Gasteiger partial charge on any atom is -0.449 e. The minimum atomic E-state index is -2.09. The Hall–Kier alpha value is -2.64. The molecule has 1 fully saturated rings. The standard InChI is InChI=1S/C29H40N2O4Si/c1-7-20-16-31(17-20)27(32)26(19-35-36(5,6)29(2,3)4)30-28(33)34-18-25-23-14-10-8-12-21(23)22-13-9-11-15-24(22)25/h8-15,20,25-26H,7,16-19H2,1-6H3,(H,30,33)/t26-/m0/s1. The van der Waals surface area contributed by atoms with Gasteiger partial charge < -0.3 is 19.4 Å². The summed E-state index contributed by atoms with van der Waals surface area (Å²) in [5.41, 5.74) is 4.68. The van der Waals surface area contributed by atoms with E-state index in [0.717, 1.165) is 30.6 Å². The molecule has 1 saturated heterocycles. The molecule has 0 saturated carbocycles. The Bertz CT molecular complexity index is 1060. The summed E-state index contributed by atoms with van der Waals surface area (Å²) in [5, 5.41) is 2.85. The first-order chi connectivity index (χ1) is 17.0. The van der Waals surface area contributed by atoms with Crippen molar-refractivity contribution < 1.29 is 18.8 Å². The molecule has 4 rings (SSSR count). The molecule has 2 aromatic carbocycles. The zero-order valence-electron chi connectivity index (χ0n) is 22.5. The summed E-state index contributed by atoms with van der Waals surface area (Å²) in [6, 6.07) is 15.7. The van der Waals surface area contributed by atoms with E-state index in [-0.39, 0.29) is 30.1 Å². The molecule has 1 N–H and O–H groups in total. The van der Waals surface area contributed by atoms with Crippen LogP contribution in [0.4, 0.5) is 4.79 Å². The molecule has 1 aliphatic heterocycles. The zero-order chi connectivity index (χ0) is 26.1. The largest absolute Gasteiger partial charge is 0.449 e. The summed E-state index contributed by atoms with van der Waals surface area (Å²) < 4.78 is 12.1. The van der Waals surface area contributed by atoms with Gasteiger partial charge in [-0.3, -0.25) is 4.79 Å². The first-order valence-corrected chi connectivity index (χ1v) is 16.0. The Balaban J connectivity index is 1.43. The highest BCUT2D eigenvalue weighted by Crippen LogP contribution is 2.44. The number of rotatable bonds is 8. The van der Waals surface area contributed by atoms with E-state index < -0.39 is 20.5 Å². The lowest BCUT2D eigenvalue weighted by Crippen LogP contribution is -2.59. The number of ether oxygens (including phenoxy) is 1. The van der Waals surface area contributed by atoms with Crippen LogP contribution in [0.15, 0.2) is 48.5 Å². The quantitative estimate of drug-likeness (QED) is 0.459. The van der Waals surface area contributed by atoms with E-state index in [2.05, 4.69) is 70.4 Å². The number of carbonyl (C=O) groups excluding carboxylic acids is 2. The summed E-state index contributed by atoms with van der Waals surface area (Å²) in [5.74, 6) is 0.416. The summed E-state index contributed by atoms with van der Waals surface area (Å²) in [7, 11) is -2.09. The minimum absolute atomic E-state index is 0.00836. The van der Waals surface area contributed by atoms with E-state index in [1.54, 1.807) is 0 Å². The van der Waals surface area contributed by atoms with Crippen LogP contribution in [0.1, 0.15) is 51.2 Å². The molecule has 0 unspecified atom stereocenters. The van der Waals surface area contributed by atoms with Gasteiger partial charge in [0.1, 0.15) is 12.6 Å². The van der Waals surface area contributed by atoms with Gasteiger partial charge >= 0.3 is 6.09 Å². The van der Waals surface area contributed by atoms with Gasteiger partial charge in [-0.2, -0.15) is 0 Å². The van der Waals surface area contributed by atoms with Crippen molar-refractivity contribution in [1.29, 1.82) is 0 Å². The van der Waals surface area contributed by atoms with Crippen molar-refractivity contribution in [2.75, 3.05) is 26.3 Å². The predicted molar refractivity (Wildman–Crippen MR) is 146 cm³/mol. The molecule has 2 aromatic rings. The molecule has 0 aromatic heterocycles. The molecule has 6 nitrogen and oxygen atoms in total. The average Bonchev–Trinajstić information content (AvgIpc) is 3.12. The maximum atomic E-state index is 13.3. The summed E-state index contributed by atoms with van der Waals surface area (Å²) in [6.45, 7) is 14.8. The van der Waals surface area contributed by atoms with Crippen molar-refractivity contribution in [3.05, 3.63) is 59.7 Å². The second-order valence-corrected chi connectivity index (χ2v) is 16.4. The molecule has 2 aliphatic rings. The van der Waals surface area contributed by atoms with Gasteiger partial charge in [-0.05, 0) is 52.7 Å². The molecular formula is C29H40N2O4Si. The second kappa shape index (κ2) is 10.4. The molecule has 1 atom stereocenters. The number of alkyl carbamates (subject to hydrolysis) is 1. The Kier molecular flexibility index (Phi) is 7.62. The Morgan fingerprint density at radius 1 is 1.03 bits per heavy atom. The lowest BCUT2D eigenvalue weighted by atomic mass is 9.96. The summed E-state index contributed by atoms with van der Waals surface area (Å²) in [4.78, 5) is 28.0. The normalized spacial score (nSPS) is 16.7. The summed E-state index contributed by atoms with van der Waals surface area (Å²) >= 11 is 0. The number of amides is 2. The number of benzene rings is 2. The third-order valence-electron chi connectivity index (χ3n) is 8.20. The molecule has 0 spiro atoms. The molecule has 0 radical (unpaired) electrons. The predicted octanol–water partition coefficient (Wildman–Crippen LogP) is 5.78. The van der Waals surface area contributed by atoms with E-state index in [0.29, 0.717) is 5.92 Å². The van der Waals surface area contributed by atoms with Crippen LogP contribution in [-0.2, 0) is 14.0 Å². The molecule has 1 heterocycles. The maximum absolute atomic E-state index is 13.3. The number of hydrogen-bond donors (Lipinski definition) is 1. The van der Waals surface area contributed by atoms with Crippen LogP contribution < -0.4 is 5.32 Å². The molecule has 0 bridgehead atoms. The van der Waals surface area contributed by atoms with Gasteiger partial charge in [0.2, 0.25) is 5.91 Å². The van der Waals surface area contributed by atoms with Gasteiger partial charge in [0.15, 0.2) is 8.32 Å². The fourth-order valence-electron chi connectivity index (χ4n) is 4.69. The van der Waals surface area contributed by atoms with Gasteiger partial charge in [0.05, 0.1) is 6.61 Å². The topological polar surface area (TPSA) is 67.9 Å². The first kappa shape index (κ1) is 26.4. The number of nitrogens with one attached hydrogen (secondary N) is 1. The van der Waals surface area contributed by atoms with Gasteiger partial charge in [0, 0.05) is 19.0 Å². The van der Waals surface area contributed by atoms with E-state index >= 15 is 0 Å². The van der Waals surface area contributed by atoms with Crippen molar-refractivity contribution in [2.45, 2.75) is 64.2 Å². The first-order valence-electron chi connectivity index (χ1n) is 13.1. The van der Waals surface area contributed by atoms with Crippen LogP contribution in [0.2, 0.25) is 18.1 Å². The number of hydrogen-bond acceptors (Lipinski definition) is 4. The van der Waals surface area contributed by atoms with E-state index in [1.165, 1.54) is 11.1 Å². The Morgan fingerprint density at radius 2 is 1.58 bits per heavy atom. The van der Waals surface area contributed by atoms with Crippen LogP contribution >= 0.6 is 0 Å². The van der Waals surface area contributed by atoms with E-state index in [4.69, 9.17) is 9.16 Å². The van der Waals surface area contributed by atoms with Crippen molar-refractivity contribution in [2.24, 2.45) is 5.92 Å². The lowest BCUT2D eigenvalue weighted by Gasteiger charge is -2.42. The fourth-order valence-corrected chi connectivity index (χ4v) is 5.71. The Morgan fingerprint density at radius 3 is 2.11 bits per heavy atom. The van der Waals surface area contributed by atoms with Crippen LogP contribution in [0.25, 0.3) is 11.1 Å². The number of likely N-dealkylation sites (tertiary alicyclic amines) is 1. The number of carbonyl (C=O) groups is 2. The van der Waals surface area contributed by atoms with Crippen molar-refractivity contribution in [1.82, 2.24) is 10.2 Å². The molecule has 1 aliphatic carbocycles. The lowest BCUT2D eigenvalue weighted by molar-refractivity contribution is -0.140. The van der Waals surface area contributed by atoms with Crippen LogP contribution in [-0.4, -0.2) is 57.6 Å². The molecule has 194 valence electrons. The van der Waals surface area contributed by atoms with Crippen LogP contribution in [0.5, 0.6) is 0 Å². The van der Waals surface area contributed by atoms with Gasteiger partial charge in [-0.25, -0.2) is 4.79 Å². The van der Waals surface area contributed by atoms with Crippen molar-refractivity contribution >= 4 is 20.3 Å². The third-order valence-corrected chi connectivity index (χ3v) is 12.7.